The van der Waals surface area contributed by atoms with Gasteiger partial charge in [0.1, 0.15) is 0 Å². The predicted octanol–water partition coefficient (Wildman–Crippen LogP) is 12.2. The van der Waals surface area contributed by atoms with Crippen LogP contribution in [0.15, 0.2) is 66.7 Å². The average molecular weight is 535 g/mol. The Labute approximate surface area is 241 Å². The lowest BCUT2D eigenvalue weighted by molar-refractivity contribution is 0.401. The number of rotatable bonds is 12. The highest BCUT2D eigenvalue weighted by Crippen LogP contribution is 2.56. The SMILES string of the molecule is CCCCCCC1(CCCCCC)c2cc(-c3cc(C)cc(C)c3)ccc2-c2ccc(-c3ccc(C)s3)cc21. The van der Waals surface area contributed by atoms with E-state index in [1.165, 1.54) is 113 Å². The van der Waals surface area contributed by atoms with Gasteiger partial charge in [-0.2, -0.15) is 0 Å². The van der Waals surface area contributed by atoms with Crippen LogP contribution in [-0.4, -0.2) is 0 Å². The predicted molar refractivity (Wildman–Crippen MR) is 173 cm³/mol. The van der Waals surface area contributed by atoms with Crippen LogP contribution in [0.4, 0.5) is 0 Å². The lowest BCUT2D eigenvalue weighted by Gasteiger charge is -2.33. The molecule has 4 aromatic rings. The van der Waals surface area contributed by atoms with E-state index in [1.54, 1.807) is 11.1 Å². The van der Waals surface area contributed by atoms with Gasteiger partial charge in [0.25, 0.3) is 0 Å². The number of aryl methyl sites for hydroxylation is 3. The maximum absolute atomic E-state index is 2.58. The summed E-state index contributed by atoms with van der Waals surface area (Å²) in [6.07, 6.45) is 13.0. The zero-order valence-electron chi connectivity index (χ0n) is 24.8. The van der Waals surface area contributed by atoms with Crippen LogP contribution in [0.1, 0.15) is 105 Å². The molecule has 0 nitrogen and oxygen atoms in total. The van der Waals surface area contributed by atoms with E-state index in [2.05, 4.69) is 101 Å². The molecule has 1 aliphatic carbocycles. The molecule has 0 saturated heterocycles. The van der Waals surface area contributed by atoms with E-state index in [1.807, 2.05) is 11.3 Å². The number of hydrogen-bond acceptors (Lipinski definition) is 1. The number of fused-ring (bicyclic) bond motifs is 3. The first-order chi connectivity index (χ1) is 18.9. The minimum atomic E-state index is 0.101. The van der Waals surface area contributed by atoms with Crippen LogP contribution in [0.25, 0.3) is 32.7 Å². The molecule has 0 unspecified atom stereocenters. The molecule has 0 spiro atoms. The summed E-state index contributed by atoms with van der Waals surface area (Å²) in [5.41, 5.74) is 13.0. The molecule has 1 heteroatoms. The van der Waals surface area contributed by atoms with Gasteiger partial charge in [-0.1, -0.05) is 119 Å². The molecule has 0 bridgehead atoms. The second kappa shape index (κ2) is 12.3. The molecule has 0 amide bonds. The van der Waals surface area contributed by atoms with Crippen molar-refractivity contribution >= 4 is 11.3 Å². The summed E-state index contributed by atoms with van der Waals surface area (Å²) < 4.78 is 0. The standard InChI is InChI=1S/C38H46S/c1-6-8-10-12-20-38(21-13-11-9-7-2)35-25-30(32-23-27(3)22-28(4)24-32)15-17-33(35)34-18-16-31(26-36(34)38)37-19-14-29(5)39-37/h14-19,22-26H,6-13,20-21H2,1-5H3. The highest BCUT2D eigenvalue weighted by atomic mass is 32.1. The van der Waals surface area contributed by atoms with Crippen LogP contribution >= 0.6 is 11.3 Å². The molecular formula is C38H46S. The van der Waals surface area contributed by atoms with Gasteiger partial charge in [0.2, 0.25) is 0 Å². The third kappa shape index (κ3) is 5.80. The van der Waals surface area contributed by atoms with Crippen molar-refractivity contribution in [1.82, 2.24) is 0 Å². The van der Waals surface area contributed by atoms with Crippen LogP contribution < -0.4 is 0 Å². The van der Waals surface area contributed by atoms with Crippen molar-refractivity contribution in [3.63, 3.8) is 0 Å². The summed E-state index contributed by atoms with van der Waals surface area (Å²) in [5.74, 6) is 0. The molecule has 0 fully saturated rings. The van der Waals surface area contributed by atoms with E-state index >= 15 is 0 Å². The number of thiophene rings is 1. The molecule has 1 aromatic heterocycles. The first kappa shape index (κ1) is 27.9. The summed E-state index contributed by atoms with van der Waals surface area (Å²) in [6, 6.07) is 26.4. The highest BCUT2D eigenvalue weighted by molar-refractivity contribution is 7.15. The summed E-state index contributed by atoms with van der Waals surface area (Å²) in [4.78, 5) is 2.78. The van der Waals surface area contributed by atoms with Gasteiger partial charge in [0.05, 0.1) is 0 Å². The van der Waals surface area contributed by atoms with Gasteiger partial charge in [-0.15, -0.1) is 11.3 Å². The van der Waals surface area contributed by atoms with Gasteiger partial charge in [-0.25, -0.2) is 0 Å². The molecule has 39 heavy (non-hydrogen) atoms. The molecule has 3 aromatic carbocycles. The zero-order chi connectivity index (χ0) is 27.4. The number of unbranched alkanes of at least 4 members (excludes halogenated alkanes) is 6. The first-order valence-corrected chi connectivity index (χ1v) is 16.2. The Morgan fingerprint density at radius 2 is 1.10 bits per heavy atom. The fourth-order valence-electron chi connectivity index (χ4n) is 6.93. The normalized spacial score (nSPS) is 13.5. The second-order valence-electron chi connectivity index (χ2n) is 12.0. The quantitative estimate of drug-likeness (QED) is 0.159. The third-order valence-electron chi connectivity index (χ3n) is 8.85. The monoisotopic (exact) mass is 534 g/mol. The molecule has 1 heterocycles. The van der Waals surface area contributed by atoms with Gasteiger partial charge in [-0.3, -0.25) is 0 Å². The third-order valence-corrected chi connectivity index (χ3v) is 9.90. The van der Waals surface area contributed by atoms with Gasteiger partial charge in [0, 0.05) is 15.2 Å². The second-order valence-corrected chi connectivity index (χ2v) is 13.3. The Balaban J connectivity index is 1.66. The van der Waals surface area contributed by atoms with Crippen molar-refractivity contribution in [3.8, 4) is 32.7 Å². The molecule has 0 aliphatic heterocycles. The maximum atomic E-state index is 2.58. The molecule has 1 aliphatic rings. The lowest BCUT2D eigenvalue weighted by atomic mass is 9.70. The van der Waals surface area contributed by atoms with Crippen molar-refractivity contribution in [3.05, 3.63) is 93.9 Å². The summed E-state index contributed by atoms with van der Waals surface area (Å²) >= 11 is 1.92. The van der Waals surface area contributed by atoms with Crippen LogP contribution in [0, 0.1) is 20.8 Å². The zero-order valence-corrected chi connectivity index (χ0v) is 25.6. The fraction of sp³-hybridized carbons (Fsp3) is 0.421. The topological polar surface area (TPSA) is 0 Å². The van der Waals surface area contributed by atoms with E-state index < -0.39 is 0 Å². The molecular weight excluding hydrogens is 488 g/mol. The minimum absolute atomic E-state index is 0.101. The van der Waals surface area contributed by atoms with E-state index in [9.17, 15) is 0 Å². The van der Waals surface area contributed by atoms with Crippen molar-refractivity contribution < 1.29 is 0 Å². The fourth-order valence-corrected chi connectivity index (χ4v) is 7.79. The molecule has 5 rings (SSSR count). The van der Waals surface area contributed by atoms with Crippen molar-refractivity contribution in [2.45, 2.75) is 104 Å². The minimum Gasteiger partial charge on any atom is -0.141 e. The first-order valence-electron chi connectivity index (χ1n) is 15.4. The molecule has 0 radical (unpaired) electrons. The smallest absolute Gasteiger partial charge is 0.0345 e. The van der Waals surface area contributed by atoms with Crippen LogP contribution in [0.5, 0.6) is 0 Å². The van der Waals surface area contributed by atoms with Crippen LogP contribution in [0.2, 0.25) is 0 Å². The van der Waals surface area contributed by atoms with Gasteiger partial charge < -0.3 is 0 Å². The van der Waals surface area contributed by atoms with Crippen LogP contribution in [0.3, 0.4) is 0 Å². The van der Waals surface area contributed by atoms with E-state index in [4.69, 9.17) is 0 Å². The Hall–Kier alpha value is -2.64. The van der Waals surface area contributed by atoms with Crippen molar-refractivity contribution in [2.24, 2.45) is 0 Å². The molecule has 0 atom stereocenters. The highest BCUT2D eigenvalue weighted by Gasteiger charge is 2.42. The van der Waals surface area contributed by atoms with Gasteiger partial charge in [0.15, 0.2) is 0 Å². The van der Waals surface area contributed by atoms with Gasteiger partial charge in [-0.05, 0) is 96.8 Å². The molecule has 204 valence electrons. The summed E-state index contributed by atoms with van der Waals surface area (Å²) in [6.45, 7) is 11.3. The van der Waals surface area contributed by atoms with Crippen LogP contribution in [-0.2, 0) is 5.41 Å². The Morgan fingerprint density at radius 1 is 0.538 bits per heavy atom. The van der Waals surface area contributed by atoms with E-state index in [0.29, 0.717) is 0 Å². The van der Waals surface area contributed by atoms with E-state index in [0.717, 1.165) is 0 Å². The van der Waals surface area contributed by atoms with Crippen molar-refractivity contribution in [1.29, 1.82) is 0 Å². The van der Waals surface area contributed by atoms with E-state index in [-0.39, 0.29) is 5.41 Å². The Morgan fingerprint density at radius 3 is 1.64 bits per heavy atom. The average Bonchev–Trinajstić information content (AvgIpc) is 3.48. The number of benzene rings is 3. The largest absolute Gasteiger partial charge is 0.141 e. The molecule has 0 N–H and O–H groups in total. The number of hydrogen-bond donors (Lipinski definition) is 0. The maximum Gasteiger partial charge on any atom is 0.0345 e. The summed E-state index contributed by atoms with van der Waals surface area (Å²) in [5, 5.41) is 0. The molecule has 0 saturated carbocycles. The Kier molecular flexibility index (Phi) is 8.77. The summed E-state index contributed by atoms with van der Waals surface area (Å²) in [7, 11) is 0. The van der Waals surface area contributed by atoms with Gasteiger partial charge >= 0.3 is 0 Å². The Bertz CT molecular complexity index is 1390. The van der Waals surface area contributed by atoms with Crippen molar-refractivity contribution in [2.75, 3.05) is 0 Å². The lowest BCUT2D eigenvalue weighted by Crippen LogP contribution is -2.25.